The van der Waals surface area contributed by atoms with Crippen molar-refractivity contribution in [1.29, 1.82) is 0 Å². The Labute approximate surface area is 115 Å². The van der Waals surface area contributed by atoms with Gasteiger partial charge in [-0.25, -0.2) is 0 Å². The van der Waals surface area contributed by atoms with Gasteiger partial charge in [0.1, 0.15) is 0 Å². The van der Waals surface area contributed by atoms with Crippen LogP contribution in [0.15, 0.2) is 0 Å². The number of amides is 1. The van der Waals surface area contributed by atoms with Gasteiger partial charge in [0, 0.05) is 6.54 Å². The lowest BCUT2D eigenvalue weighted by molar-refractivity contribution is -0.124. The zero-order valence-electron chi connectivity index (χ0n) is 11.3. The minimum atomic E-state index is -0.383. The van der Waals surface area contributed by atoms with E-state index in [9.17, 15) is 4.79 Å². The number of carbonyl (C=O) groups is 1. The Morgan fingerprint density at radius 2 is 2.06 bits per heavy atom. The minimum absolute atomic E-state index is 0.0903. The molecule has 0 bridgehead atoms. The van der Waals surface area contributed by atoms with Gasteiger partial charge in [-0.15, -0.1) is 0 Å². The SMILES string of the molecule is CC(C)C(C(=O)NCCOC1CCCC1)C(N)=S. The highest BCUT2D eigenvalue weighted by Crippen LogP contribution is 2.20. The maximum Gasteiger partial charge on any atom is 0.230 e. The summed E-state index contributed by atoms with van der Waals surface area (Å²) in [4.78, 5) is 12.2. The summed E-state index contributed by atoms with van der Waals surface area (Å²) < 4.78 is 5.68. The fraction of sp³-hybridized carbons (Fsp3) is 0.846. The maximum absolute atomic E-state index is 11.9. The van der Waals surface area contributed by atoms with Crippen LogP contribution in [0.5, 0.6) is 0 Å². The second-order valence-corrected chi connectivity index (χ2v) is 5.66. The van der Waals surface area contributed by atoms with Crippen molar-refractivity contribution < 1.29 is 9.53 Å². The third-order valence-electron chi connectivity index (χ3n) is 3.31. The van der Waals surface area contributed by atoms with E-state index in [1.54, 1.807) is 0 Å². The third kappa shape index (κ3) is 4.90. The topological polar surface area (TPSA) is 64.3 Å². The van der Waals surface area contributed by atoms with E-state index >= 15 is 0 Å². The van der Waals surface area contributed by atoms with E-state index in [2.05, 4.69) is 5.32 Å². The summed E-state index contributed by atoms with van der Waals surface area (Å²) >= 11 is 4.92. The van der Waals surface area contributed by atoms with Gasteiger partial charge in [-0.3, -0.25) is 4.79 Å². The van der Waals surface area contributed by atoms with Crippen LogP contribution in [0.3, 0.4) is 0 Å². The second kappa shape index (κ2) is 7.69. The number of rotatable bonds is 7. The van der Waals surface area contributed by atoms with Crippen molar-refractivity contribution in [3.8, 4) is 0 Å². The van der Waals surface area contributed by atoms with Crippen molar-refractivity contribution in [3.05, 3.63) is 0 Å². The first-order valence-corrected chi connectivity index (χ1v) is 7.11. The number of nitrogens with two attached hydrogens (primary N) is 1. The first-order valence-electron chi connectivity index (χ1n) is 6.71. The maximum atomic E-state index is 11.9. The Bertz CT molecular complexity index is 289. The summed E-state index contributed by atoms with van der Waals surface area (Å²) in [6.45, 7) is 4.98. The van der Waals surface area contributed by atoms with E-state index < -0.39 is 0 Å². The van der Waals surface area contributed by atoms with Crippen molar-refractivity contribution in [2.75, 3.05) is 13.2 Å². The molecule has 0 aliphatic heterocycles. The molecule has 0 radical (unpaired) electrons. The molecule has 104 valence electrons. The molecule has 0 aromatic rings. The van der Waals surface area contributed by atoms with Gasteiger partial charge in [0.2, 0.25) is 5.91 Å². The standard InChI is InChI=1S/C13H24N2O2S/c1-9(2)11(12(14)18)13(16)15-7-8-17-10-5-3-4-6-10/h9-11H,3-8H2,1-2H3,(H2,14,18)(H,15,16). The summed E-state index contributed by atoms with van der Waals surface area (Å²) in [5, 5.41) is 2.84. The number of hydrogen-bond acceptors (Lipinski definition) is 3. The highest BCUT2D eigenvalue weighted by molar-refractivity contribution is 7.80. The molecule has 1 aliphatic rings. The van der Waals surface area contributed by atoms with Crippen molar-refractivity contribution in [2.45, 2.75) is 45.6 Å². The molecule has 1 rings (SSSR count). The summed E-state index contributed by atoms with van der Waals surface area (Å²) in [7, 11) is 0. The van der Waals surface area contributed by atoms with Crippen LogP contribution in [0.1, 0.15) is 39.5 Å². The Hall–Kier alpha value is -0.680. The van der Waals surface area contributed by atoms with Crippen LogP contribution in [0.2, 0.25) is 0 Å². The van der Waals surface area contributed by atoms with Crippen molar-refractivity contribution in [2.24, 2.45) is 17.6 Å². The monoisotopic (exact) mass is 272 g/mol. The molecule has 18 heavy (non-hydrogen) atoms. The summed E-state index contributed by atoms with van der Waals surface area (Å²) in [5.74, 6) is -0.350. The predicted molar refractivity (Wildman–Crippen MR) is 76.3 cm³/mol. The molecule has 0 aromatic carbocycles. The van der Waals surface area contributed by atoms with Crippen LogP contribution < -0.4 is 11.1 Å². The smallest absolute Gasteiger partial charge is 0.230 e. The number of nitrogens with one attached hydrogen (secondary N) is 1. The van der Waals surface area contributed by atoms with Gasteiger partial charge in [-0.1, -0.05) is 38.9 Å². The van der Waals surface area contributed by atoms with Crippen LogP contribution in [-0.2, 0) is 9.53 Å². The predicted octanol–water partition coefficient (Wildman–Crippen LogP) is 1.62. The lowest BCUT2D eigenvalue weighted by Crippen LogP contribution is -2.42. The first-order chi connectivity index (χ1) is 8.52. The fourth-order valence-corrected chi connectivity index (χ4v) is 2.70. The lowest BCUT2D eigenvalue weighted by atomic mass is 9.95. The van der Waals surface area contributed by atoms with Crippen molar-refractivity contribution in [1.82, 2.24) is 5.32 Å². The zero-order valence-corrected chi connectivity index (χ0v) is 12.1. The number of ether oxygens (including phenoxy) is 1. The second-order valence-electron chi connectivity index (χ2n) is 5.19. The highest BCUT2D eigenvalue weighted by Gasteiger charge is 2.24. The molecule has 1 aliphatic carbocycles. The Balaban J connectivity index is 2.20. The largest absolute Gasteiger partial charge is 0.393 e. The Morgan fingerprint density at radius 3 is 2.56 bits per heavy atom. The highest BCUT2D eigenvalue weighted by atomic mass is 32.1. The van der Waals surface area contributed by atoms with Crippen LogP contribution >= 0.6 is 12.2 Å². The average molecular weight is 272 g/mol. The van der Waals surface area contributed by atoms with Gasteiger partial charge in [-0.05, 0) is 18.8 Å². The Kier molecular flexibility index (Phi) is 6.57. The molecule has 3 N–H and O–H groups in total. The molecule has 0 aromatic heterocycles. The number of thiocarbonyl (C=S) groups is 1. The van der Waals surface area contributed by atoms with E-state index in [1.807, 2.05) is 13.8 Å². The van der Waals surface area contributed by atoms with Gasteiger partial charge in [0.15, 0.2) is 0 Å². The lowest BCUT2D eigenvalue weighted by Gasteiger charge is -2.19. The van der Waals surface area contributed by atoms with Crippen LogP contribution in [0.25, 0.3) is 0 Å². The quantitative estimate of drug-likeness (QED) is 0.546. The van der Waals surface area contributed by atoms with Gasteiger partial charge < -0.3 is 15.8 Å². The molecule has 1 saturated carbocycles. The van der Waals surface area contributed by atoms with E-state index in [1.165, 1.54) is 12.8 Å². The molecule has 1 amide bonds. The summed E-state index contributed by atoms with van der Waals surface area (Å²) in [6, 6.07) is 0. The van der Waals surface area contributed by atoms with Crippen LogP contribution in [-0.4, -0.2) is 30.2 Å². The molecule has 1 unspecified atom stereocenters. The molecule has 0 heterocycles. The number of hydrogen-bond donors (Lipinski definition) is 2. The molecule has 0 spiro atoms. The van der Waals surface area contributed by atoms with Gasteiger partial charge in [0.25, 0.3) is 0 Å². The van der Waals surface area contributed by atoms with Crippen molar-refractivity contribution >= 4 is 23.1 Å². The van der Waals surface area contributed by atoms with Gasteiger partial charge >= 0.3 is 0 Å². The first kappa shape index (κ1) is 15.4. The molecule has 1 atom stereocenters. The molecule has 1 fully saturated rings. The summed E-state index contributed by atoms with van der Waals surface area (Å²) in [5.41, 5.74) is 5.58. The minimum Gasteiger partial charge on any atom is -0.393 e. The molecule has 5 heteroatoms. The Morgan fingerprint density at radius 1 is 1.44 bits per heavy atom. The van der Waals surface area contributed by atoms with Crippen LogP contribution in [0.4, 0.5) is 0 Å². The molecular weight excluding hydrogens is 248 g/mol. The van der Waals surface area contributed by atoms with E-state index in [4.69, 9.17) is 22.7 Å². The van der Waals surface area contributed by atoms with E-state index in [0.717, 1.165) is 12.8 Å². The van der Waals surface area contributed by atoms with Crippen LogP contribution in [0, 0.1) is 11.8 Å². The average Bonchev–Trinajstić information content (AvgIpc) is 2.76. The molecule has 4 nitrogen and oxygen atoms in total. The zero-order chi connectivity index (χ0) is 13.5. The summed E-state index contributed by atoms with van der Waals surface area (Å²) in [6.07, 6.45) is 5.20. The van der Waals surface area contributed by atoms with Crippen molar-refractivity contribution in [3.63, 3.8) is 0 Å². The number of carbonyl (C=O) groups excluding carboxylic acids is 1. The van der Waals surface area contributed by atoms with E-state index in [0.29, 0.717) is 19.3 Å². The van der Waals surface area contributed by atoms with Gasteiger partial charge in [-0.2, -0.15) is 0 Å². The normalized spacial score (nSPS) is 17.9. The fourth-order valence-electron chi connectivity index (χ4n) is 2.33. The molecule has 0 saturated heterocycles. The van der Waals surface area contributed by atoms with E-state index in [-0.39, 0.29) is 22.7 Å². The molecular formula is C13H24N2O2S. The third-order valence-corrected chi connectivity index (χ3v) is 3.57. The van der Waals surface area contributed by atoms with Gasteiger partial charge in [0.05, 0.1) is 23.6 Å².